The van der Waals surface area contributed by atoms with Crippen molar-refractivity contribution in [2.45, 2.75) is 196 Å². The molecule has 0 radical (unpaired) electrons. The van der Waals surface area contributed by atoms with Crippen LogP contribution < -0.4 is 0 Å². The third-order valence-corrected chi connectivity index (χ3v) is 17.6. The van der Waals surface area contributed by atoms with Crippen LogP contribution in [0.3, 0.4) is 0 Å². The molecule has 7 rings (SSSR count). The lowest BCUT2D eigenvalue weighted by Gasteiger charge is -2.66. The standard InChI is InChI=1S/C46H80O19/c1-20(2)22(9-8-21(3)29-33(52)34(53)40-45(29,5)14-11-28-44(4)13-10-23(47)31(50)30(44)24(48)16-46(28,40)57)12-15-60-41-35(54)32(51)26(18-62-41)64-43-37(56)39(59-7)27(19-63-43)65-42-36(55)38(58-6)25(49)17-61-42/h20-43,47-57H,8-19H2,1-7H3/t21-,22+,23+,24+,25-,26-,27-,28?,29+,30?,31+,32+,33-,34-,35-,36-,37-,38+,39+,40-,41-,42+,43+,44-,45-,46+/m1/s1. The Kier molecular flexibility index (Phi) is 16.4. The second-order valence-electron chi connectivity index (χ2n) is 21.6. The third kappa shape index (κ3) is 9.47. The molecule has 0 aromatic carbocycles. The van der Waals surface area contributed by atoms with E-state index in [1.54, 1.807) is 0 Å². The zero-order chi connectivity index (χ0) is 47.5. The number of hydrogen-bond donors (Lipinski definition) is 11. The molecule has 2 unspecified atom stereocenters. The predicted octanol–water partition coefficient (Wildman–Crippen LogP) is -1.23. The fraction of sp³-hybridized carbons (Fsp3) is 1.00. The summed E-state index contributed by atoms with van der Waals surface area (Å²) in [6.45, 7) is 10.1. The molecule has 26 atom stereocenters. The molecular formula is C46H80O19. The van der Waals surface area contributed by atoms with Gasteiger partial charge in [-0.2, -0.15) is 0 Å². The number of rotatable bonds is 15. The molecule has 11 N–H and O–H groups in total. The molecule has 4 aliphatic carbocycles. The van der Waals surface area contributed by atoms with Crippen LogP contribution in [0.15, 0.2) is 0 Å². The van der Waals surface area contributed by atoms with E-state index in [9.17, 15) is 56.2 Å². The van der Waals surface area contributed by atoms with Crippen LogP contribution in [0.1, 0.15) is 86.0 Å². The lowest BCUT2D eigenvalue weighted by atomic mass is 9.41. The number of hydrogen-bond acceptors (Lipinski definition) is 19. The van der Waals surface area contributed by atoms with E-state index in [-0.39, 0.29) is 62.4 Å². The summed E-state index contributed by atoms with van der Waals surface area (Å²) in [5.41, 5.74) is -2.73. The molecule has 7 aliphatic rings. The van der Waals surface area contributed by atoms with E-state index in [0.717, 1.165) is 12.8 Å². The summed E-state index contributed by atoms with van der Waals surface area (Å²) in [6, 6.07) is 0. The minimum absolute atomic E-state index is 0.0299. The van der Waals surface area contributed by atoms with E-state index in [4.69, 9.17) is 37.9 Å². The first kappa shape index (κ1) is 52.1. The molecule has 0 spiro atoms. The molecule has 0 aromatic rings. The zero-order valence-corrected chi connectivity index (χ0v) is 39.0. The second kappa shape index (κ2) is 20.5. The van der Waals surface area contributed by atoms with Gasteiger partial charge in [0.05, 0.1) is 62.5 Å². The highest BCUT2D eigenvalue weighted by Crippen LogP contribution is 2.70. The lowest BCUT2D eigenvalue weighted by molar-refractivity contribution is -0.351. The van der Waals surface area contributed by atoms with Gasteiger partial charge < -0.3 is 94.1 Å². The van der Waals surface area contributed by atoms with E-state index in [0.29, 0.717) is 32.1 Å². The third-order valence-electron chi connectivity index (χ3n) is 17.6. The van der Waals surface area contributed by atoms with Gasteiger partial charge in [-0.25, -0.2) is 0 Å². The molecular weight excluding hydrogens is 856 g/mol. The highest BCUT2D eigenvalue weighted by Gasteiger charge is 2.73. The number of methoxy groups -OCH3 is 2. The van der Waals surface area contributed by atoms with Crippen LogP contribution >= 0.6 is 0 Å². The minimum atomic E-state index is -1.49. The van der Waals surface area contributed by atoms with Gasteiger partial charge in [0.15, 0.2) is 18.9 Å². The fourth-order valence-corrected chi connectivity index (χ4v) is 14.3. The molecule has 7 fully saturated rings. The maximum absolute atomic E-state index is 12.7. The molecule has 19 heteroatoms. The molecule has 0 bridgehead atoms. The first-order valence-electron chi connectivity index (χ1n) is 24.0. The van der Waals surface area contributed by atoms with Crippen molar-refractivity contribution in [1.82, 2.24) is 0 Å². The summed E-state index contributed by atoms with van der Waals surface area (Å²) < 4.78 is 45.5. The Bertz CT molecular complexity index is 1550. The quantitative estimate of drug-likeness (QED) is 0.0917. The largest absolute Gasteiger partial charge is 0.393 e. The molecule has 3 saturated heterocycles. The Morgan fingerprint density at radius 1 is 0.585 bits per heavy atom. The number of aliphatic hydroxyl groups is 11. The fourth-order valence-electron chi connectivity index (χ4n) is 14.3. The molecule has 0 aromatic heterocycles. The number of fused-ring (bicyclic) bond motifs is 5. The molecule has 19 nitrogen and oxygen atoms in total. The maximum atomic E-state index is 12.7. The molecule has 3 heterocycles. The Hall–Kier alpha value is -0.760. The van der Waals surface area contributed by atoms with Crippen LogP contribution in [0.5, 0.6) is 0 Å². The molecule has 378 valence electrons. The van der Waals surface area contributed by atoms with E-state index in [2.05, 4.69) is 27.7 Å². The average Bonchev–Trinajstić information content (AvgIpc) is 3.46. The van der Waals surface area contributed by atoms with Gasteiger partial charge in [-0.15, -0.1) is 0 Å². The van der Waals surface area contributed by atoms with Crippen molar-refractivity contribution >= 4 is 0 Å². The Balaban J connectivity index is 0.893. The monoisotopic (exact) mass is 937 g/mol. The number of aliphatic hydroxyl groups excluding tert-OH is 10. The van der Waals surface area contributed by atoms with E-state index < -0.39 is 133 Å². The Morgan fingerprint density at radius 2 is 1.18 bits per heavy atom. The van der Waals surface area contributed by atoms with Crippen molar-refractivity contribution in [1.29, 1.82) is 0 Å². The van der Waals surface area contributed by atoms with Crippen molar-refractivity contribution in [3.63, 3.8) is 0 Å². The highest BCUT2D eigenvalue weighted by molar-refractivity contribution is 5.22. The molecule has 0 amide bonds. The van der Waals surface area contributed by atoms with E-state index in [1.165, 1.54) is 14.2 Å². The summed E-state index contributed by atoms with van der Waals surface area (Å²) in [5.74, 6) is -1.52. The Morgan fingerprint density at radius 3 is 1.85 bits per heavy atom. The first-order valence-corrected chi connectivity index (χ1v) is 24.0. The van der Waals surface area contributed by atoms with Crippen molar-refractivity contribution in [3.8, 4) is 0 Å². The van der Waals surface area contributed by atoms with E-state index in [1.807, 2.05) is 6.92 Å². The maximum Gasteiger partial charge on any atom is 0.186 e. The highest BCUT2D eigenvalue weighted by atomic mass is 16.8. The SMILES string of the molecule is CO[C@@H]1[C@@H](O)[C@H](O[C@@H]2CO[C@@H](O[C@@H]3CO[C@@H](OCC[C@H](CC[C@@H](C)[C@H]4[C@@H](O)[C@@H](O)[C@@H]5[C@]4(C)CCC4[C@@]6(C)CC[C@H](O)[C@H](O)C6[C@@H](O)C[C@]45O)C(C)C)[C@H](O)[C@H]3O)[C@H](O)[C@H]2OC)OC[C@H]1O. The van der Waals surface area contributed by atoms with Gasteiger partial charge in [0, 0.05) is 32.5 Å². The van der Waals surface area contributed by atoms with Crippen LogP contribution in [-0.4, -0.2) is 207 Å². The molecule has 65 heavy (non-hydrogen) atoms. The summed E-state index contributed by atoms with van der Waals surface area (Å²) in [6.07, 6.45) is -15.5. The van der Waals surface area contributed by atoms with Gasteiger partial charge in [0.25, 0.3) is 0 Å². The van der Waals surface area contributed by atoms with Gasteiger partial charge in [0.2, 0.25) is 0 Å². The van der Waals surface area contributed by atoms with Crippen molar-refractivity contribution in [2.75, 3.05) is 40.6 Å². The van der Waals surface area contributed by atoms with Crippen molar-refractivity contribution in [2.24, 2.45) is 52.3 Å². The summed E-state index contributed by atoms with van der Waals surface area (Å²) in [5, 5.41) is 123. The zero-order valence-electron chi connectivity index (χ0n) is 39.0. The average molecular weight is 937 g/mol. The topological polar surface area (TPSA) is 296 Å². The van der Waals surface area contributed by atoms with Gasteiger partial charge >= 0.3 is 0 Å². The summed E-state index contributed by atoms with van der Waals surface area (Å²) >= 11 is 0. The summed E-state index contributed by atoms with van der Waals surface area (Å²) in [7, 11) is 2.70. The van der Waals surface area contributed by atoms with Gasteiger partial charge in [-0.3, -0.25) is 0 Å². The normalized spacial score (nSPS) is 52.4. The molecule has 4 saturated carbocycles. The van der Waals surface area contributed by atoms with Crippen LogP contribution in [0.4, 0.5) is 0 Å². The van der Waals surface area contributed by atoms with Crippen molar-refractivity contribution < 1.29 is 94.1 Å². The van der Waals surface area contributed by atoms with Crippen molar-refractivity contribution in [3.05, 3.63) is 0 Å². The number of ether oxygens (including phenoxy) is 8. The molecule has 3 aliphatic heterocycles. The smallest absolute Gasteiger partial charge is 0.186 e. The van der Waals surface area contributed by atoms with Crippen LogP contribution in [0, 0.1) is 52.3 Å². The van der Waals surface area contributed by atoms with Gasteiger partial charge in [-0.05, 0) is 78.9 Å². The van der Waals surface area contributed by atoms with Crippen LogP contribution in [0.2, 0.25) is 0 Å². The minimum Gasteiger partial charge on any atom is -0.393 e. The lowest BCUT2D eigenvalue weighted by Crippen LogP contribution is -2.71. The first-order chi connectivity index (χ1) is 30.6. The van der Waals surface area contributed by atoms with Crippen LogP contribution in [0.25, 0.3) is 0 Å². The van der Waals surface area contributed by atoms with Gasteiger partial charge in [0.1, 0.15) is 54.9 Å². The summed E-state index contributed by atoms with van der Waals surface area (Å²) in [4.78, 5) is 0. The second-order valence-corrected chi connectivity index (χ2v) is 21.6. The van der Waals surface area contributed by atoms with E-state index >= 15 is 0 Å². The predicted molar refractivity (Wildman–Crippen MR) is 226 cm³/mol. The Labute approximate surface area is 382 Å². The van der Waals surface area contributed by atoms with Crippen LogP contribution in [-0.2, 0) is 37.9 Å². The van der Waals surface area contributed by atoms with Gasteiger partial charge in [-0.1, -0.05) is 41.0 Å².